The van der Waals surface area contributed by atoms with E-state index in [1.54, 1.807) is 14.2 Å². The summed E-state index contributed by atoms with van der Waals surface area (Å²) in [6.45, 7) is 1.50. The van der Waals surface area contributed by atoms with Crippen molar-refractivity contribution in [3.8, 4) is 6.01 Å². The van der Waals surface area contributed by atoms with Crippen molar-refractivity contribution in [1.29, 1.82) is 0 Å². The summed E-state index contributed by atoms with van der Waals surface area (Å²) < 4.78 is 10.6. The Morgan fingerprint density at radius 1 is 1.25 bits per heavy atom. The third kappa shape index (κ3) is 3.34. The van der Waals surface area contributed by atoms with Gasteiger partial charge in [0.1, 0.15) is 12.3 Å². The highest BCUT2D eigenvalue weighted by Gasteiger charge is 2.31. The molecule has 24 heavy (non-hydrogen) atoms. The number of nitrogens with one attached hydrogen (secondary N) is 2. The van der Waals surface area contributed by atoms with Gasteiger partial charge in [-0.25, -0.2) is 0 Å². The Morgan fingerprint density at radius 2 is 2.04 bits per heavy atom. The minimum absolute atomic E-state index is 0.295. The number of benzene rings is 1. The van der Waals surface area contributed by atoms with Crippen LogP contribution in [0.4, 0.5) is 17.3 Å². The van der Waals surface area contributed by atoms with Crippen LogP contribution < -0.4 is 26.0 Å². The Labute approximate surface area is 141 Å². The van der Waals surface area contributed by atoms with Crippen molar-refractivity contribution in [2.45, 2.75) is 12.8 Å². The summed E-state index contributed by atoms with van der Waals surface area (Å²) in [6, 6.07) is 10.4. The second-order valence-electron chi connectivity index (χ2n) is 5.35. The number of fused-ring (bicyclic) bond motifs is 1. The first-order valence-corrected chi connectivity index (χ1v) is 7.77. The van der Waals surface area contributed by atoms with Crippen LogP contribution >= 0.6 is 0 Å². The molecule has 0 radical (unpaired) electrons. The van der Waals surface area contributed by atoms with Crippen LogP contribution in [0.25, 0.3) is 0 Å². The highest BCUT2D eigenvalue weighted by Crippen LogP contribution is 2.38. The van der Waals surface area contributed by atoms with Crippen molar-refractivity contribution in [1.82, 2.24) is 9.97 Å². The molecule has 0 saturated carbocycles. The molecule has 0 spiro atoms. The lowest BCUT2D eigenvalue weighted by Crippen LogP contribution is -2.42. The SMILES string of the molecule is CNc1nc(OCCOC)nc2c1NC(N)N2Cc1ccccc1. The number of nitrogens with two attached hydrogens (primary N) is 1. The van der Waals surface area contributed by atoms with E-state index >= 15 is 0 Å². The Morgan fingerprint density at radius 3 is 2.75 bits per heavy atom. The van der Waals surface area contributed by atoms with E-state index in [0.717, 1.165) is 17.1 Å². The summed E-state index contributed by atoms with van der Waals surface area (Å²) >= 11 is 0. The van der Waals surface area contributed by atoms with Crippen LogP contribution in [0.3, 0.4) is 0 Å². The number of methoxy groups -OCH3 is 1. The van der Waals surface area contributed by atoms with Crippen LogP contribution in [0.5, 0.6) is 6.01 Å². The highest BCUT2D eigenvalue weighted by atomic mass is 16.5. The standard InChI is InChI=1S/C16H22N6O2/c1-18-13-12-14(21-16(20-13)24-9-8-23-2)22(15(17)19-12)10-11-6-4-3-5-7-11/h3-7,15,19H,8-10,17H2,1-2H3,(H,18,20,21). The zero-order valence-electron chi connectivity index (χ0n) is 13.8. The van der Waals surface area contributed by atoms with E-state index in [2.05, 4.69) is 32.7 Å². The van der Waals surface area contributed by atoms with Crippen molar-refractivity contribution < 1.29 is 9.47 Å². The molecule has 0 amide bonds. The average molecular weight is 330 g/mol. The minimum Gasteiger partial charge on any atom is -0.461 e. The molecule has 1 aromatic carbocycles. The predicted molar refractivity (Wildman–Crippen MR) is 93.2 cm³/mol. The third-order valence-corrected chi connectivity index (χ3v) is 3.72. The Kier molecular flexibility index (Phi) is 4.97. The molecule has 0 fully saturated rings. The molecule has 1 aliphatic rings. The summed E-state index contributed by atoms with van der Waals surface area (Å²) in [5.74, 6) is 1.37. The second kappa shape index (κ2) is 7.33. The summed E-state index contributed by atoms with van der Waals surface area (Å²) in [5.41, 5.74) is 8.16. The average Bonchev–Trinajstić information content (AvgIpc) is 2.91. The summed E-state index contributed by atoms with van der Waals surface area (Å²) in [4.78, 5) is 10.9. The first-order chi connectivity index (χ1) is 11.7. The smallest absolute Gasteiger partial charge is 0.320 e. The summed E-state index contributed by atoms with van der Waals surface area (Å²) in [6.07, 6.45) is -0.379. The van der Waals surface area contributed by atoms with E-state index in [-0.39, 0.29) is 6.29 Å². The maximum atomic E-state index is 6.23. The largest absolute Gasteiger partial charge is 0.461 e. The van der Waals surface area contributed by atoms with Gasteiger partial charge in [0, 0.05) is 20.7 Å². The van der Waals surface area contributed by atoms with Gasteiger partial charge in [-0.3, -0.25) is 5.73 Å². The number of ether oxygens (including phenoxy) is 2. The van der Waals surface area contributed by atoms with Crippen LogP contribution in [0.2, 0.25) is 0 Å². The second-order valence-corrected chi connectivity index (χ2v) is 5.35. The van der Waals surface area contributed by atoms with E-state index in [1.165, 1.54) is 0 Å². The lowest BCUT2D eigenvalue weighted by atomic mass is 10.2. The van der Waals surface area contributed by atoms with Crippen molar-refractivity contribution in [2.24, 2.45) is 5.73 Å². The maximum absolute atomic E-state index is 6.23. The quantitative estimate of drug-likeness (QED) is 0.652. The number of anilines is 3. The molecule has 0 bridgehead atoms. The van der Waals surface area contributed by atoms with Crippen molar-refractivity contribution in [2.75, 3.05) is 42.9 Å². The number of nitrogens with zero attached hydrogens (tertiary/aromatic N) is 3. The molecule has 1 aliphatic heterocycles. The van der Waals surface area contributed by atoms with Crippen molar-refractivity contribution in [3.05, 3.63) is 35.9 Å². The molecule has 1 unspecified atom stereocenters. The first-order valence-electron chi connectivity index (χ1n) is 7.77. The molecule has 8 nitrogen and oxygen atoms in total. The van der Waals surface area contributed by atoms with Crippen LogP contribution in [0.1, 0.15) is 5.56 Å². The Bertz CT molecular complexity index is 682. The Balaban J connectivity index is 1.88. The molecular formula is C16H22N6O2. The fraction of sp³-hybridized carbons (Fsp3) is 0.375. The number of hydrogen-bond acceptors (Lipinski definition) is 8. The van der Waals surface area contributed by atoms with Crippen LogP contribution in [0.15, 0.2) is 30.3 Å². The van der Waals surface area contributed by atoms with Crippen LogP contribution in [-0.4, -0.2) is 43.6 Å². The van der Waals surface area contributed by atoms with Gasteiger partial charge in [0.05, 0.1) is 6.61 Å². The van der Waals surface area contributed by atoms with Gasteiger partial charge in [0.2, 0.25) is 0 Å². The Hall–Kier alpha value is -2.58. The third-order valence-electron chi connectivity index (χ3n) is 3.72. The van der Waals surface area contributed by atoms with Gasteiger partial charge in [-0.2, -0.15) is 9.97 Å². The van der Waals surface area contributed by atoms with E-state index in [9.17, 15) is 0 Å². The van der Waals surface area contributed by atoms with E-state index < -0.39 is 0 Å². The van der Waals surface area contributed by atoms with E-state index in [0.29, 0.717) is 31.6 Å². The molecular weight excluding hydrogens is 308 g/mol. The molecule has 4 N–H and O–H groups in total. The lowest BCUT2D eigenvalue weighted by Gasteiger charge is -2.22. The zero-order valence-corrected chi connectivity index (χ0v) is 13.8. The monoisotopic (exact) mass is 330 g/mol. The van der Waals surface area contributed by atoms with Gasteiger partial charge >= 0.3 is 6.01 Å². The molecule has 3 rings (SSSR count). The first kappa shape index (κ1) is 16.3. The van der Waals surface area contributed by atoms with Gasteiger partial charge < -0.3 is 25.0 Å². The topological polar surface area (TPSA) is 97.6 Å². The molecule has 1 aromatic heterocycles. The normalized spacial score (nSPS) is 15.8. The molecule has 0 saturated heterocycles. The zero-order chi connectivity index (χ0) is 16.9. The predicted octanol–water partition coefficient (Wildman–Crippen LogP) is 1.22. The van der Waals surface area contributed by atoms with Gasteiger partial charge in [0.15, 0.2) is 17.9 Å². The minimum atomic E-state index is -0.379. The number of rotatable bonds is 7. The fourth-order valence-electron chi connectivity index (χ4n) is 2.54. The molecule has 128 valence electrons. The number of hydrogen-bond donors (Lipinski definition) is 3. The van der Waals surface area contributed by atoms with Gasteiger partial charge in [-0.15, -0.1) is 0 Å². The van der Waals surface area contributed by atoms with Gasteiger partial charge in [-0.1, -0.05) is 30.3 Å². The maximum Gasteiger partial charge on any atom is 0.320 e. The van der Waals surface area contributed by atoms with Gasteiger partial charge in [0.25, 0.3) is 0 Å². The van der Waals surface area contributed by atoms with E-state index in [1.807, 2.05) is 23.1 Å². The van der Waals surface area contributed by atoms with Gasteiger partial charge in [-0.05, 0) is 5.56 Å². The van der Waals surface area contributed by atoms with Crippen LogP contribution in [-0.2, 0) is 11.3 Å². The highest BCUT2D eigenvalue weighted by molar-refractivity contribution is 5.82. The van der Waals surface area contributed by atoms with Crippen molar-refractivity contribution >= 4 is 17.3 Å². The van der Waals surface area contributed by atoms with Crippen LogP contribution in [0, 0.1) is 0 Å². The number of aromatic nitrogens is 2. The summed E-state index contributed by atoms with van der Waals surface area (Å²) in [5, 5.41) is 6.27. The molecule has 2 heterocycles. The molecule has 0 aliphatic carbocycles. The summed E-state index contributed by atoms with van der Waals surface area (Å²) in [7, 11) is 3.42. The lowest BCUT2D eigenvalue weighted by molar-refractivity contribution is 0.141. The molecule has 8 heteroatoms. The fourth-order valence-corrected chi connectivity index (χ4v) is 2.54. The molecule has 2 aromatic rings. The van der Waals surface area contributed by atoms with Crippen molar-refractivity contribution in [3.63, 3.8) is 0 Å². The van der Waals surface area contributed by atoms with E-state index in [4.69, 9.17) is 15.2 Å². The molecule has 1 atom stereocenters.